The van der Waals surface area contributed by atoms with Crippen LogP contribution in [-0.4, -0.2) is 11.7 Å². The van der Waals surface area contributed by atoms with Gasteiger partial charge in [0.1, 0.15) is 0 Å². The smallest absolute Gasteiger partial charge is 0.0585 e. The van der Waals surface area contributed by atoms with E-state index in [0.717, 1.165) is 6.54 Å². The van der Waals surface area contributed by atoms with Gasteiger partial charge in [-0.3, -0.25) is 0 Å². The number of nitrogens with zero attached hydrogens (tertiary/aromatic N) is 1. The number of aliphatic imine (C=N–C) groups is 1. The summed E-state index contributed by atoms with van der Waals surface area (Å²) in [4.78, 5) is 3.87. The van der Waals surface area contributed by atoms with Crippen molar-refractivity contribution < 1.29 is 0 Å². The second-order valence-electron chi connectivity index (χ2n) is 2.72. The van der Waals surface area contributed by atoms with Gasteiger partial charge < -0.3 is 0 Å². The molecule has 1 aliphatic rings. The Morgan fingerprint density at radius 3 is 2.75 bits per heavy atom. The van der Waals surface area contributed by atoms with E-state index < -0.39 is 0 Å². The first-order valence-electron chi connectivity index (χ1n) is 2.80. The summed E-state index contributed by atoms with van der Waals surface area (Å²) in [5, 5.41) is 2.37. The molecule has 0 radical (unpaired) electrons. The maximum Gasteiger partial charge on any atom is 0.0585 e. The highest BCUT2D eigenvalue weighted by Crippen LogP contribution is 2.44. The van der Waals surface area contributed by atoms with Gasteiger partial charge in [0.05, 0.1) is 11.7 Å². The molecule has 44 valence electrons. The van der Waals surface area contributed by atoms with Gasteiger partial charge in [-0.1, -0.05) is 6.92 Å². The minimum Gasteiger partial charge on any atom is -0.232 e. The van der Waals surface area contributed by atoms with E-state index in [1.165, 1.54) is 12.8 Å². The standard InChI is InChI=1S/C6H9NS/c1-6(2-3-6)4-7-5-8/h2-4H2,1H3. The third-order valence-electron chi connectivity index (χ3n) is 1.63. The predicted octanol–water partition coefficient (Wildman–Crippen LogP) is 1.89. The maximum atomic E-state index is 4.43. The van der Waals surface area contributed by atoms with Crippen LogP contribution in [0, 0.1) is 5.41 Å². The van der Waals surface area contributed by atoms with Crippen LogP contribution in [0.25, 0.3) is 0 Å². The molecular weight excluding hydrogens is 118 g/mol. The fourth-order valence-electron chi connectivity index (χ4n) is 0.595. The quantitative estimate of drug-likeness (QED) is 0.407. The zero-order valence-electron chi connectivity index (χ0n) is 4.98. The number of thiocarbonyl (C=S) groups is 1. The van der Waals surface area contributed by atoms with E-state index >= 15 is 0 Å². The predicted molar refractivity (Wildman–Crippen MR) is 37.2 cm³/mol. The average molecular weight is 127 g/mol. The molecule has 0 atom stereocenters. The summed E-state index contributed by atoms with van der Waals surface area (Å²) in [5.74, 6) is 0. The third kappa shape index (κ3) is 1.39. The van der Waals surface area contributed by atoms with Gasteiger partial charge in [-0.05, 0) is 30.5 Å². The second kappa shape index (κ2) is 1.96. The van der Waals surface area contributed by atoms with Crippen LogP contribution < -0.4 is 0 Å². The fourth-order valence-corrected chi connectivity index (χ4v) is 0.659. The number of hydrogen-bond acceptors (Lipinski definition) is 2. The molecule has 1 saturated carbocycles. The first kappa shape index (κ1) is 5.93. The van der Waals surface area contributed by atoms with Crippen LogP contribution >= 0.6 is 12.2 Å². The van der Waals surface area contributed by atoms with Gasteiger partial charge in [0.15, 0.2) is 0 Å². The molecule has 0 spiro atoms. The summed E-state index contributed by atoms with van der Waals surface area (Å²) >= 11 is 4.43. The topological polar surface area (TPSA) is 12.4 Å². The van der Waals surface area contributed by atoms with Crippen molar-refractivity contribution in [3.05, 3.63) is 0 Å². The van der Waals surface area contributed by atoms with Gasteiger partial charge >= 0.3 is 0 Å². The Morgan fingerprint density at radius 2 is 2.38 bits per heavy atom. The van der Waals surface area contributed by atoms with E-state index in [0.29, 0.717) is 5.41 Å². The minimum atomic E-state index is 0.506. The summed E-state index contributed by atoms with van der Waals surface area (Å²) in [6, 6.07) is 0. The Balaban J connectivity index is 2.29. The highest BCUT2D eigenvalue weighted by Gasteiger charge is 2.36. The molecule has 0 aromatic rings. The SMILES string of the molecule is CC1(CN=C=S)CC1. The van der Waals surface area contributed by atoms with Crippen LogP contribution in [0.2, 0.25) is 0 Å². The van der Waals surface area contributed by atoms with Gasteiger partial charge in [-0.2, -0.15) is 0 Å². The van der Waals surface area contributed by atoms with E-state index in [-0.39, 0.29) is 0 Å². The van der Waals surface area contributed by atoms with Crippen LogP contribution in [0.3, 0.4) is 0 Å². The second-order valence-corrected chi connectivity index (χ2v) is 2.90. The number of hydrogen-bond donors (Lipinski definition) is 0. The molecule has 0 aromatic carbocycles. The third-order valence-corrected chi connectivity index (χ3v) is 1.76. The molecule has 0 bridgehead atoms. The van der Waals surface area contributed by atoms with Crippen LogP contribution in [-0.2, 0) is 0 Å². The van der Waals surface area contributed by atoms with Crippen molar-refractivity contribution in [1.29, 1.82) is 0 Å². The minimum absolute atomic E-state index is 0.506. The molecule has 1 nitrogen and oxygen atoms in total. The number of isothiocyanates is 1. The van der Waals surface area contributed by atoms with Crippen molar-refractivity contribution in [3.8, 4) is 0 Å². The fraction of sp³-hybridized carbons (Fsp3) is 0.833. The van der Waals surface area contributed by atoms with Crippen LogP contribution in [0.15, 0.2) is 4.99 Å². The van der Waals surface area contributed by atoms with Gasteiger partial charge in [-0.15, -0.1) is 0 Å². The Bertz CT molecular complexity index is 131. The van der Waals surface area contributed by atoms with E-state index in [2.05, 4.69) is 29.3 Å². The molecule has 0 saturated heterocycles. The summed E-state index contributed by atoms with van der Waals surface area (Å²) in [5.41, 5.74) is 0.506. The zero-order chi connectivity index (χ0) is 6.04. The lowest BCUT2D eigenvalue weighted by molar-refractivity contribution is 0.592. The lowest BCUT2D eigenvalue weighted by atomic mass is 10.1. The largest absolute Gasteiger partial charge is 0.232 e. The highest BCUT2D eigenvalue weighted by molar-refractivity contribution is 7.78. The molecule has 0 heterocycles. The van der Waals surface area contributed by atoms with Gasteiger partial charge in [-0.25, -0.2) is 4.99 Å². The van der Waals surface area contributed by atoms with E-state index in [1.807, 2.05) is 0 Å². The van der Waals surface area contributed by atoms with Gasteiger partial charge in [0.25, 0.3) is 0 Å². The van der Waals surface area contributed by atoms with Crippen molar-refractivity contribution in [1.82, 2.24) is 0 Å². The summed E-state index contributed by atoms with van der Waals surface area (Å²) < 4.78 is 0. The summed E-state index contributed by atoms with van der Waals surface area (Å²) in [7, 11) is 0. The Morgan fingerprint density at radius 1 is 1.75 bits per heavy atom. The highest BCUT2D eigenvalue weighted by atomic mass is 32.1. The lowest BCUT2D eigenvalue weighted by Gasteiger charge is -1.97. The Labute approximate surface area is 54.8 Å². The van der Waals surface area contributed by atoms with E-state index in [4.69, 9.17) is 0 Å². The maximum absolute atomic E-state index is 4.43. The Kier molecular flexibility index (Phi) is 1.45. The lowest BCUT2D eigenvalue weighted by Crippen LogP contribution is -1.95. The van der Waals surface area contributed by atoms with Crippen molar-refractivity contribution in [2.45, 2.75) is 19.8 Å². The molecule has 8 heavy (non-hydrogen) atoms. The molecule has 0 aliphatic heterocycles. The molecule has 1 rings (SSSR count). The van der Waals surface area contributed by atoms with E-state index in [9.17, 15) is 0 Å². The molecule has 0 amide bonds. The summed E-state index contributed by atoms with van der Waals surface area (Å²) in [6.45, 7) is 3.11. The molecular formula is C6H9NS. The van der Waals surface area contributed by atoms with Crippen LogP contribution in [0.1, 0.15) is 19.8 Å². The van der Waals surface area contributed by atoms with Crippen LogP contribution in [0.4, 0.5) is 0 Å². The van der Waals surface area contributed by atoms with Crippen molar-refractivity contribution in [2.24, 2.45) is 10.4 Å². The molecule has 1 aliphatic carbocycles. The monoisotopic (exact) mass is 127 g/mol. The first-order chi connectivity index (χ1) is 3.77. The zero-order valence-corrected chi connectivity index (χ0v) is 5.79. The summed E-state index contributed by atoms with van der Waals surface area (Å²) in [6.07, 6.45) is 2.63. The first-order valence-corrected chi connectivity index (χ1v) is 3.21. The van der Waals surface area contributed by atoms with Crippen molar-refractivity contribution in [3.63, 3.8) is 0 Å². The Hall–Kier alpha value is -0.200. The van der Waals surface area contributed by atoms with Crippen molar-refractivity contribution >= 4 is 17.4 Å². The van der Waals surface area contributed by atoms with Gasteiger partial charge in [0.2, 0.25) is 0 Å². The van der Waals surface area contributed by atoms with Crippen LogP contribution in [0.5, 0.6) is 0 Å². The molecule has 0 aromatic heterocycles. The molecule has 1 fully saturated rings. The number of rotatable bonds is 2. The normalized spacial score (nSPS) is 21.6. The molecule has 2 heteroatoms. The molecule has 0 N–H and O–H groups in total. The molecule has 0 unspecified atom stereocenters. The van der Waals surface area contributed by atoms with Crippen molar-refractivity contribution in [2.75, 3.05) is 6.54 Å². The van der Waals surface area contributed by atoms with E-state index in [1.54, 1.807) is 0 Å². The van der Waals surface area contributed by atoms with Gasteiger partial charge in [0, 0.05) is 0 Å². The average Bonchev–Trinajstić information content (AvgIpc) is 2.45.